The van der Waals surface area contributed by atoms with E-state index in [-0.39, 0.29) is 0 Å². The fourth-order valence-corrected chi connectivity index (χ4v) is 2.51. The van der Waals surface area contributed by atoms with Crippen LogP contribution in [0.25, 0.3) is 0 Å². The molecule has 84 valence electrons. The summed E-state index contributed by atoms with van der Waals surface area (Å²) >= 11 is 0. The molecule has 3 heteroatoms. The molecule has 0 aromatic heterocycles. The van der Waals surface area contributed by atoms with Gasteiger partial charge in [0.2, 0.25) is 0 Å². The van der Waals surface area contributed by atoms with E-state index in [1.165, 1.54) is 25.7 Å². The van der Waals surface area contributed by atoms with Gasteiger partial charge in [0.25, 0.3) is 0 Å². The van der Waals surface area contributed by atoms with Gasteiger partial charge in [-0.05, 0) is 38.1 Å². The lowest BCUT2D eigenvalue weighted by molar-refractivity contribution is 0.0754. The molecule has 0 spiro atoms. The Morgan fingerprint density at radius 1 is 1.53 bits per heavy atom. The molecule has 1 aliphatic heterocycles. The number of ether oxygens (including phenoxy) is 1. The Morgan fingerprint density at radius 3 is 2.87 bits per heavy atom. The maximum Gasteiger partial charge on any atom is 0.0702 e. The van der Waals surface area contributed by atoms with Crippen LogP contribution in [0.3, 0.4) is 0 Å². The Balaban J connectivity index is 1.72. The molecule has 2 rings (SSSR count). The average molecular weight is 208 g/mol. The Hall–Kier alpha value is -0.590. The third-order valence-electron chi connectivity index (χ3n) is 3.56. The molecule has 15 heavy (non-hydrogen) atoms. The summed E-state index contributed by atoms with van der Waals surface area (Å²) in [6.07, 6.45) is 6.04. The molecule has 0 radical (unpaired) electrons. The van der Waals surface area contributed by atoms with Crippen molar-refractivity contribution in [1.82, 2.24) is 4.90 Å². The highest BCUT2D eigenvalue weighted by atomic mass is 16.5. The monoisotopic (exact) mass is 208 g/mol. The molecule has 1 saturated carbocycles. The zero-order valence-electron chi connectivity index (χ0n) is 9.54. The van der Waals surface area contributed by atoms with Crippen molar-refractivity contribution in [2.45, 2.75) is 38.2 Å². The van der Waals surface area contributed by atoms with Crippen LogP contribution in [0.1, 0.15) is 32.1 Å². The van der Waals surface area contributed by atoms with E-state index in [4.69, 9.17) is 10.00 Å². The number of likely N-dealkylation sites (N-methyl/N-ethyl adjacent to an activating group) is 1. The first kappa shape index (κ1) is 10.9. The lowest BCUT2D eigenvalue weighted by atomic mass is 10.0. The van der Waals surface area contributed by atoms with E-state index in [0.717, 1.165) is 26.1 Å². The second kappa shape index (κ2) is 4.51. The van der Waals surface area contributed by atoms with Gasteiger partial charge in [-0.15, -0.1) is 0 Å². The molecule has 0 aromatic rings. The molecule has 0 amide bonds. The highest BCUT2D eigenvalue weighted by Crippen LogP contribution is 2.48. The molecule has 3 nitrogen and oxygen atoms in total. The van der Waals surface area contributed by atoms with Gasteiger partial charge in [0.1, 0.15) is 0 Å². The highest BCUT2D eigenvalue weighted by Gasteiger charge is 2.43. The number of hydrogen-bond acceptors (Lipinski definition) is 3. The van der Waals surface area contributed by atoms with Gasteiger partial charge in [-0.2, -0.15) is 5.26 Å². The first-order valence-corrected chi connectivity index (χ1v) is 5.91. The van der Waals surface area contributed by atoms with E-state index < -0.39 is 0 Å². The van der Waals surface area contributed by atoms with E-state index in [0.29, 0.717) is 11.5 Å². The predicted molar refractivity (Wildman–Crippen MR) is 58.4 cm³/mol. The molecule has 0 bridgehead atoms. The molecule has 0 aromatic carbocycles. The van der Waals surface area contributed by atoms with Crippen molar-refractivity contribution in [3.05, 3.63) is 0 Å². The Kier molecular flexibility index (Phi) is 3.28. The molecule has 2 fully saturated rings. The third-order valence-corrected chi connectivity index (χ3v) is 3.56. The zero-order chi connectivity index (χ0) is 10.7. The van der Waals surface area contributed by atoms with Crippen LogP contribution in [0, 0.1) is 16.7 Å². The minimum absolute atomic E-state index is 0.335. The lowest BCUT2D eigenvalue weighted by Gasteiger charge is -2.24. The van der Waals surface area contributed by atoms with Crippen LogP contribution >= 0.6 is 0 Å². The van der Waals surface area contributed by atoms with Gasteiger partial charge in [0.15, 0.2) is 0 Å². The summed E-state index contributed by atoms with van der Waals surface area (Å²) in [5, 5.41) is 8.75. The summed E-state index contributed by atoms with van der Waals surface area (Å²) in [5.74, 6) is 0. The highest BCUT2D eigenvalue weighted by molar-refractivity contribution is 5.01. The summed E-state index contributed by atoms with van der Waals surface area (Å²) in [6, 6.07) is 2.31. The van der Waals surface area contributed by atoms with Gasteiger partial charge < -0.3 is 9.64 Å². The minimum atomic E-state index is 0.335. The summed E-state index contributed by atoms with van der Waals surface area (Å²) < 4.78 is 5.61. The Labute approximate surface area is 92.0 Å². The van der Waals surface area contributed by atoms with Crippen LogP contribution in [0.5, 0.6) is 0 Å². The maximum absolute atomic E-state index is 8.75. The number of rotatable bonds is 5. The largest absolute Gasteiger partial charge is 0.377 e. The van der Waals surface area contributed by atoms with Crippen molar-refractivity contribution in [3.8, 4) is 6.07 Å². The molecule has 2 aliphatic rings. The van der Waals surface area contributed by atoms with Crippen molar-refractivity contribution in [2.24, 2.45) is 5.41 Å². The van der Waals surface area contributed by atoms with Crippen molar-refractivity contribution in [1.29, 1.82) is 5.26 Å². The van der Waals surface area contributed by atoms with Crippen LogP contribution < -0.4 is 0 Å². The predicted octanol–water partition coefficient (Wildman–Crippen LogP) is 1.79. The second-order valence-electron chi connectivity index (χ2n) is 5.17. The van der Waals surface area contributed by atoms with Gasteiger partial charge in [0, 0.05) is 26.1 Å². The normalized spacial score (nSPS) is 27.9. The molecule has 1 saturated heterocycles. The topological polar surface area (TPSA) is 36.3 Å². The fraction of sp³-hybridized carbons (Fsp3) is 0.917. The fourth-order valence-electron chi connectivity index (χ4n) is 2.51. The lowest BCUT2D eigenvalue weighted by Crippen LogP contribution is -2.33. The van der Waals surface area contributed by atoms with Crippen LogP contribution in [-0.4, -0.2) is 37.7 Å². The van der Waals surface area contributed by atoms with Crippen LogP contribution in [-0.2, 0) is 4.74 Å². The van der Waals surface area contributed by atoms with Crippen LogP contribution in [0.4, 0.5) is 0 Å². The van der Waals surface area contributed by atoms with E-state index in [1.807, 2.05) is 0 Å². The van der Waals surface area contributed by atoms with Gasteiger partial charge in [-0.3, -0.25) is 0 Å². The number of nitriles is 1. The van der Waals surface area contributed by atoms with E-state index in [9.17, 15) is 0 Å². The SMILES string of the molecule is CN(CC1CCCO1)CC1(CC#N)CC1. The van der Waals surface area contributed by atoms with Crippen molar-refractivity contribution >= 4 is 0 Å². The average Bonchev–Trinajstić information content (AvgIpc) is 2.75. The molecule has 1 heterocycles. The molecule has 1 atom stereocenters. The molecule has 1 aliphatic carbocycles. The summed E-state index contributed by atoms with van der Waals surface area (Å²) in [4.78, 5) is 2.35. The third kappa shape index (κ3) is 2.93. The molecule has 0 N–H and O–H groups in total. The number of hydrogen-bond donors (Lipinski definition) is 0. The van der Waals surface area contributed by atoms with Crippen molar-refractivity contribution in [2.75, 3.05) is 26.7 Å². The van der Waals surface area contributed by atoms with Gasteiger partial charge in [-0.1, -0.05) is 0 Å². The van der Waals surface area contributed by atoms with Crippen LogP contribution in [0.2, 0.25) is 0 Å². The van der Waals surface area contributed by atoms with E-state index >= 15 is 0 Å². The molecule has 1 unspecified atom stereocenters. The van der Waals surface area contributed by atoms with Crippen molar-refractivity contribution < 1.29 is 4.74 Å². The maximum atomic E-state index is 8.75. The standard InChI is InChI=1S/C12H20N2O/c1-14(9-11-3-2-8-15-11)10-12(4-5-12)6-7-13/h11H,2-6,8-10H2,1H3. The van der Waals surface area contributed by atoms with E-state index in [1.54, 1.807) is 0 Å². The first-order valence-electron chi connectivity index (χ1n) is 5.91. The molecular weight excluding hydrogens is 188 g/mol. The Bertz CT molecular complexity index is 249. The van der Waals surface area contributed by atoms with Gasteiger partial charge >= 0.3 is 0 Å². The summed E-state index contributed by atoms with van der Waals surface area (Å²) in [6.45, 7) is 3.04. The summed E-state index contributed by atoms with van der Waals surface area (Å²) in [7, 11) is 2.15. The van der Waals surface area contributed by atoms with Gasteiger partial charge in [-0.25, -0.2) is 0 Å². The zero-order valence-corrected chi connectivity index (χ0v) is 9.54. The second-order valence-corrected chi connectivity index (χ2v) is 5.17. The molecular formula is C12H20N2O. The Morgan fingerprint density at radius 2 is 2.33 bits per heavy atom. The van der Waals surface area contributed by atoms with Gasteiger partial charge in [0.05, 0.1) is 12.2 Å². The number of nitrogens with zero attached hydrogens (tertiary/aromatic N) is 2. The van der Waals surface area contributed by atoms with E-state index in [2.05, 4.69) is 18.0 Å². The summed E-state index contributed by atoms with van der Waals surface area (Å²) in [5.41, 5.74) is 0.335. The quantitative estimate of drug-likeness (QED) is 0.691. The van der Waals surface area contributed by atoms with Crippen LogP contribution in [0.15, 0.2) is 0 Å². The van der Waals surface area contributed by atoms with Crippen molar-refractivity contribution in [3.63, 3.8) is 0 Å². The first-order chi connectivity index (χ1) is 7.24. The minimum Gasteiger partial charge on any atom is -0.377 e. The smallest absolute Gasteiger partial charge is 0.0702 e.